The average molecular weight is 139 g/mol. The largest absolute Gasteiger partial charge is 0.258 e. The number of hydrogen-bond acceptors (Lipinski definition) is 1. The fourth-order valence-corrected chi connectivity index (χ4v) is 0.810. The first-order valence-corrected chi connectivity index (χ1v) is 3.43. The van der Waals surface area contributed by atoms with Crippen molar-refractivity contribution in [3.8, 4) is 0 Å². The van der Waals surface area contributed by atoms with Gasteiger partial charge in [-0.2, -0.15) is 0 Å². The van der Waals surface area contributed by atoms with Crippen molar-refractivity contribution in [2.45, 2.75) is 19.8 Å². The predicted molar refractivity (Wildman–Crippen MR) is 38.2 cm³/mol. The molecule has 0 saturated heterocycles. The quantitative estimate of drug-likeness (QED) is 0.612. The zero-order chi connectivity index (χ0) is 7.40. The summed E-state index contributed by atoms with van der Waals surface area (Å²) >= 11 is 0. The Kier molecular flexibility index (Phi) is 2.37. The Balaban J connectivity index is 2.69. The highest BCUT2D eigenvalue weighted by Crippen LogP contribution is 2.00. The smallest absolute Gasteiger partial charge is 0.141 e. The van der Waals surface area contributed by atoms with Crippen LogP contribution in [-0.2, 0) is 6.42 Å². The molecule has 1 heterocycles. The fraction of sp³-hybridized carbons (Fsp3) is 0.375. The van der Waals surface area contributed by atoms with E-state index in [-0.39, 0.29) is 5.82 Å². The average Bonchev–Trinajstić information content (AvgIpc) is 1.95. The van der Waals surface area contributed by atoms with Gasteiger partial charge in [-0.05, 0) is 18.6 Å². The summed E-state index contributed by atoms with van der Waals surface area (Å²) in [6.45, 7) is 2.07. The molecule has 0 atom stereocenters. The molecule has 0 fully saturated rings. The zero-order valence-electron chi connectivity index (χ0n) is 5.97. The van der Waals surface area contributed by atoms with Gasteiger partial charge in [0.05, 0.1) is 6.20 Å². The van der Waals surface area contributed by atoms with Crippen molar-refractivity contribution in [2.75, 3.05) is 0 Å². The van der Waals surface area contributed by atoms with Crippen LogP contribution in [0.25, 0.3) is 0 Å². The molecule has 0 spiro atoms. The second kappa shape index (κ2) is 3.30. The van der Waals surface area contributed by atoms with Crippen LogP contribution in [0, 0.1) is 5.82 Å². The lowest BCUT2D eigenvalue weighted by Gasteiger charge is -1.94. The second-order valence-corrected chi connectivity index (χ2v) is 2.22. The zero-order valence-corrected chi connectivity index (χ0v) is 5.97. The highest BCUT2D eigenvalue weighted by molar-refractivity contribution is 5.04. The lowest BCUT2D eigenvalue weighted by atomic mass is 10.2. The standard InChI is InChI=1S/C8H10FN/c1-2-3-8-5-4-7(9)6-10-8/h4-6H,2-3H2,1H3. The van der Waals surface area contributed by atoms with Gasteiger partial charge in [-0.3, -0.25) is 4.98 Å². The molecule has 0 bridgehead atoms. The third-order valence-corrected chi connectivity index (χ3v) is 1.29. The summed E-state index contributed by atoms with van der Waals surface area (Å²) in [6.07, 6.45) is 3.24. The van der Waals surface area contributed by atoms with Crippen LogP contribution < -0.4 is 0 Å². The Morgan fingerprint density at radius 1 is 1.50 bits per heavy atom. The van der Waals surface area contributed by atoms with Gasteiger partial charge in [0.1, 0.15) is 5.82 Å². The Bertz CT molecular complexity index is 193. The van der Waals surface area contributed by atoms with Crippen molar-refractivity contribution >= 4 is 0 Å². The van der Waals surface area contributed by atoms with Crippen LogP contribution in [0.1, 0.15) is 19.0 Å². The van der Waals surface area contributed by atoms with E-state index < -0.39 is 0 Å². The first-order chi connectivity index (χ1) is 4.83. The summed E-state index contributed by atoms with van der Waals surface area (Å²) in [4.78, 5) is 3.89. The number of pyridine rings is 1. The molecule has 0 radical (unpaired) electrons. The molecule has 0 aliphatic carbocycles. The van der Waals surface area contributed by atoms with E-state index in [0.29, 0.717) is 0 Å². The fourth-order valence-electron chi connectivity index (χ4n) is 0.810. The van der Waals surface area contributed by atoms with Crippen LogP contribution >= 0.6 is 0 Å². The van der Waals surface area contributed by atoms with Crippen LogP contribution in [0.3, 0.4) is 0 Å². The minimum atomic E-state index is -0.264. The van der Waals surface area contributed by atoms with E-state index in [0.717, 1.165) is 18.5 Å². The van der Waals surface area contributed by atoms with Gasteiger partial charge in [-0.15, -0.1) is 0 Å². The second-order valence-electron chi connectivity index (χ2n) is 2.22. The van der Waals surface area contributed by atoms with E-state index in [1.807, 2.05) is 0 Å². The summed E-state index contributed by atoms with van der Waals surface area (Å²) in [6, 6.07) is 3.16. The number of nitrogens with zero attached hydrogens (tertiary/aromatic N) is 1. The maximum Gasteiger partial charge on any atom is 0.141 e. The summed E-state index contributed by atoms with van der Waals surface area (Å²) in [7, 11) is 0. The van der Waals surface area contributed by atoms with Crippen molar-refractivity contribution in [1.82, 2.24) is 4.98 Å². The molecule has 0 aliphatic heterocycles. The molecule has 1 rings (SSSR count). The summed E-state index contributed by atoms with van der Waals surface area (Å²) in [5.41, 5.74) is 0.962. The van der Waals surface area contributed by atoms with E-state index in [1.165, 1.54) is 12.3 Å². The summed E-state index contributed by atoms with van der Waals surface area (Å²) in [5.74, 6) is -0.264. The van der Waals surface area contributed by atoms with E-state index in [2.05, 4.69) is 11.9 Å². The topological polar surface area (TPSA) is 12.9 Å². The van der Waals surface area contributed by atoms with Crippen molar-refractivity contribution in [3.05, 3.63) is 29.8 Å². The minimum Gasteiger partial charge on any atom is -0.258 e. The highest BCUT2D eigenvalue weighted by atomic mass is 19.1. The molecule has 1 nitrogen and oxygen atoms in total. The van der Waals surface area contributed by atoms with E-state index in [4.69, 9.17) is 0 Å². The molecule has 54 valence electrons. The van der Waals surface area contributed by atoms with Gasteiger partial charge in [0, 0.05) is 5.69 Å². The number of aryl methyl sites for hydroxylation is 1. The van der Waals surface area contributed by atoms with Crippen LogP contribution in [0.15, 0.2) is 18.3 Å². The Morgan fingerprint density at radius 2 is 2.30 bits per heavy atom. The summed E-state index contributed by atoms with van der Waals surface area (Å²) in [5, 5.41) is 0. The van der Waals surface area contributed by atoms with Gasteiger partial charge in [0.2, 0.25) is 0 Å². The van der Waals surface area contributed by atoms with Gasteiger partial charge in [-0.1, -0.05) is 13.3 Å². The molecule has 0 unspecified atom stereocenters. The Labute approximate surface area is 59.9 Å². The van der Waals surface area contributed by atoms with Crippen LogP contribution in [-0.4, -0.2) is 4.98 Å². The van der Waals surface area contributed by atoms with Crippen molar-refractivity contribution < 1.29 is 4.39 Å². The number of halogens is 1. The monoisotopic (exact) mass is 139 g/mol. The molecule has 1 aromatic heterocycles. The van der Waals surface area contributed by atoms with E-state index in [9.17, 15) is 4.39 Å². The molecular weight excluding hydrogens is 129 g/mol. The lowest BCUT2D eigenvalue weighted by molar-refractivity contribution is 0.618. The Hall–Kier alpha value is -0.920. The summed E-state index contributed by atoms with van der Waals surface area (Å²) < 4.78 is 12.3. The Morgan fingerprint density at radius 3 is 2.80 bits per heavy atom. The molecule has 0 saturated carbocycles. The van der Waals surface area contributed by atoms with Gasteiger partial charge < -0.3 is 0 Å². The van der Waals surface area contributed by atoms with Crippen LogP contribution in [0.5, 0.6) is 0 Å². The third kappa shape index (κ3) is 1.79. The van der Waals surface area contributed by atoms with Crippen molar-refractivity contribution in [1.29, 1.82) is 0 Å². The first-order valence-electron chi connectivity index (χ1n) is 3.43. The molecule has 0 amide bonds. The molecule has 10 heavy (non-hydrogen) atoms. The van der Waals surface area contributed by atoms with E-state index in [1.54, 1.807) is 6.07 Å². The highest BCUT2D eigenvalue weighted by Gasteiger charge is 1.91. The minimum absolute atomic E-state index is 0.264. The van der Waals surface area contributed by atoms with Gasteiger partial charge in [0.15, 0.2) is 0 Å². The van der Waals surface area contributed by atoms with E-state index >= 15 is 0 Å². The number of hydrogen-bond donors (Lipinski definition) is 0. The predicted octanol–water partition coefficient (Wildman–Crippen LogP) is 2.17. The lowest BCUT2D eigenvalue weighted by Crippen LogP contribution is -1.88. The molecule has 0 aromatic carbocycles. The number of aromatic nitrogens is 1. The molecule has 1 aromatic rings. The SMILES string of the molecule is CCCc1ccc(F)cn1. The third-order valence-electron chi connectivity index (χ3n) is 1.29. The van der Waals surface area contributed by atoms with Crippen LogP contribution in [0.4, 0.5) is 4.39 Å². The molecular formula is C8H10FN. The molecule has 0 N–H and O–H groups in total. The molecule has 2 heteroatoms. The normalized spacial score (nSPS) is 9.80. The van der Waals surface area contributed by atoms with Crippen molar-refractivity contribution in [2.24, 2.45) is 0 Å². The molecule has 0 aliphatic rings. The number of rotatable bonds is 2. The van der Waals surface area contributed by atoms with Gasteiger partial charge >= 0.3 is 0 Å². The van der Waals surface area contributed by atoms with Gasteiger partial charge in [-0.25, -0.2) is 4.39 Å². The maximum atomic E-state index is 12.3. The van der Waals surface area contributed by atoms with Gasteiger partial charge in [0.25, 0.3) is 0 Å². The maximum absolute atomic E-state index is 12.3. The first kappa shape index (κ1) is 7.19. The van der Waals surface area contributed by atoms with Crippen LogP contribution in [0.2, 0.25) is 0 Å². The van der Waals surface area contributed by atoms with Crippen molar-refractivity contribution in [3.63, 3.8) is 0 Å².